The van der Waals surface area contributed by atoms with Gasteiger partial charge in [0.25, 0.3) is 0 Å². The number of nitrogens with zero attached hydrogens (tertiary/aromatic N) is 1. The maximum Gasteiger partial charge on any atom is 0.404 e. The SMILES string of the molecule is CC(NS(=O)(=O)c1ccc(-c2sc(C(=O)O)nc2CO)c2ccccc12)C(F)(F)F. The predicted octanol–water partition coefficient (Wildman–Crippen LogP) is 3.38. The Morgan fingerprint density at radius 2 is 1.83 bits per heavy atom. The van der Waals surface area contributed by atoms with Crippen molar-refractivity contribution in [2.75, 3.05) is 0 Å². The molecule has 1 unspecified atom stereocenters. The minimum atomic E-state index is -4.76. The Kier molecular flexibility index (Phi) is 5.87. The fourth-order valence-electron chi connectivity index (χ4n) is 2.83. The van der Waals surface area contributed by atoms with Crippen LogP contribution in [0.5, 0.6) is 0 Å². The molecule has 0 aliphatic carbocycles. The molecule has 0 saturated carbocycles. The van der Waals surface area contributed by atoms with Gasteiger partial charge in [0.2, 0.25) is 15.0 Å². The number of aliphatic hydroxyl groups excluding tert-OH is 1. The molecule has 0 aliphatic rings. The van der Waals surface area contributed by atoms with Gasteiger partial charge < -0.3 is 10.2 Å². The van der Waals surface area contributed by atoms with Gasteiger partial charge in [0.15, 0.2) is 0 Å². The van der Waals surface area contributed by atoms with Crippen LogP contribution in [-0.4, -0.2) is 41.8 Å². The summed E-state index contributed by atoms with van der Waals surface area (Å²) in [5.41, 5.74) is 0.504. The van der Waals surface area contributed by atoms with Gasteiger partial charge in [-0.05, 0) is 18.4 Å². The zero-order valence-electron chi connectivity index (χ0n) is 15.3. The van der Waals surface area contributed by atoms with Gasteiger partial charge in [-0.2, -0.15) is 17.9 Å². The smallest absolute Gasteiger partial charge is 0.404 e. The highest BCUT2D eigenvalue weighted by Crippen LogP contribution is 2.38. The van der Waals surface area contributed by atoms with Crippen molar-refractivity contribution in [2.24, 2.45) is 0 Å². The standard InChI is InChI=1S/C18H15F3N2O5S2/c1-9(18(19,20)21)23-30(27,28)14-7-6-12(10-4-2-3-5-11(10)14)15-13(8-24)22-16(29-15)17(25)26/h2-7,9,23-24H,8H2,1H3,(H,25,26). The second-order valence-electron chi connectivity index (χ2n) is 6.30. The number of carboxylic acid groups (broad SMARTS) is 1. The van der Waals surface area contributed by atoms with Crippen LogP contribution >= 0.6 is 11.3 Å². The van der Waals surface area contributed by atoms with Gasteiger partial charge in [-0.15, -0.1) is 11.3 Å². The molecule has 0 aliphatic heterocycles. The van der Waals surface area contributed by atoms with Crippen LogP contribution in [0.25, 0.3) is 21.2 Å². The molecule has 160 valence electrons. The summed E-state index contributed by atoms with van der Waals surface area (Å²) in [6.45, 7) is 0.157. The van der Waals surface area contributed by atoms with Gasteiger partial charge in [-0.3, -0.25) is 0 Å². The lowest BCUT2D eigenvalue weighted by molar-refractivity contribution is -0.147. The summed E-state index contributed by atoms with van der Waals surface area (Å²) in [6.07, 6.45) is -4.76. The van der Waals surface area contributed by atoms with Crippen molar-refractivity contribution in [3.63, 3.8) is 0 Å². The summed E-state index contributed by atoms with van der Waals surface area (Å²) in [4.78, 5) is 15.1. The summed E-state index contributed by atoms with van der Waals surface area (Å²) >= 11 is 0.803. The van der Waals surface area contributed by atoms with Gasteiger partial charge >= 0.3 is 12.1 Å². The Labute approximate surface area is 172 Å². The predicted molar refractivity (Wildman–Crippen MR) is 104 cm³/mol. The number of carboxylic acids is 1. The van der Waals surface area contributed by atoms with Crippen LogP contribution in [0.2, 0.25) is 0 Å². The zero-order valence-corrected chi connectivity index (χ0v) is 16.9. The van der Waals surface area contributed by atoms with E-state index in [9.17, 15) is 31.5 Å². The summed E-state index contributed by atoms with van der Waals surface area (Å²) in [5, 5.41) is 19.0. The number of alkyl halides is 3. The van der Waals surface area contributed by atoms with E-state index < -0.39 is 34.8 Å². The summed E-state index contributed by atoms with van der Waals surface area (Å²) < 4.78 is 65.4. The number of aromatic nitrogens is 1. The third-order valence-corrected chi connectivity index (χ3v) is 6.99. The number of benzene rings is 2. The quantitative estimate of drug-likeness (QED) is 0.519. The van der Waals surface area contributed by atoms with Crippen LogP contribution < -0.4 is 4.72 Å². The Bertz CT molecular complexity index is 1220. The second-order valence-corrected chi connectivity index (χ2v) is 8.98. The number of rotatable bonds is 6. The van der Waals surface area contributed by atoms with Crippen molar-refractivity contribution in [1.29, 1.82) is 0 Å². The lowest BCUT2D eigenvalue weighted by Crippen LogP contribution is -2.43. The van der Waals surface area contributed by atoms with E-state index in [0.717, 1.165) is 17.4 Å². The Morgan fingerprint density at radius 1 is 1.20 bits per heavy atom. The van der Waals surface area contributed by atoms with Crippen molar-refractivity contribution >= 4 is 38.1 Å². The molecule has 2 aromatic carbocycles. The van der Waals surface area contributed by atoms with E-state index in [2.05, 4.69) is 4.98 Å². The minimum absolute atomic E-state index is 0.0991. The first-order chi connectivity index (χ1) is 14.0. The molecule has 0 spiro atoms. The third kappa shape index (κ3) is 4.17. The number of fused-ring (bicyclic) bond motifs is 1. The maximum atomic E-state index is 12.8. The van der Waals surface area contributed by atoms with Gasteiger partial charge in [-0.25, -0.2) is 18.2 Å². The van der Waals surface area contributed by atoms with Crippen LogP contribution in [0.1, 0.15) is 22.4 Å². The van der Waals surface area contributed by atoms with Gasteiger partial charge in [0.1, 0.15) is 6.04 Å². The molecule has 0 amide bonds. The van der Waals surface area contributed by atoms with Crippen LogP contribution in [0.15, 0.2) is 41.3 Å². The molecule has 12 heteroatoms. The molecular formula is C18H15F3N2O5S2. The van der Waals surface area contributed by atoms with E-state index in [1.807, 2.05) is 0 Å². The number of sulfonamides is 1. The largest absolute Gasteiger partial charge is 0.476 e. The molecule has 0 radical (unpaired) electrons. The van der Waals surface area contributed by atoms with E-state index in [0.29, 0.717) is 22.8 Å². The highest BCUT2D eigenvalue weighted by Gasteiger charge is 2.39. The third-order valence-electron chi connectivity index (χ3n) is 4.27. The van der Waals surface area contributed by atoms with Crippen molar-refractivity contribution in [3.05, 3.63) is 47.1 Å². The molecule has 30 heavy (non-hydrogen) atoms. The maximum absolute atomic E-state index is 12.8. The minimum Gasteiger partial charge on any atom is -0.476 e. The molecule has 0 bridgehead atoms. The average Bonchev–Trinajstić information content (AvgIpc) is 3.10. The molecule has 3 rings (SSSR count). The number of nitrogens with one attached hydrogen (secondary N) is 1. The number of hydrogen-bond acceptors (Lipinski definition) is 6. The second kappa shape index (κ2) is 7.95. The van der Waals surface area contributed by atoms with E-state index in [1.54, 1.807) is 16.9 Å². The fraction of sp³-hybridized carbons (Fsp3) is 0.222. The molecular weight excluding hydrogens is 445 g/mol. The molecule has 0 fully saturated rings. The first kappa shape index (κ1) is 22.2. The zero-order chi connectivity index (χ0) is 22.3. The lowest BCUT2D eigenvalue weighted by Gasteiger charge is -2.18. The van der Waals surface area contributed by atoms with Crippen molar-refractivity contribution in [1.82, 2.24) is 9.71 Å². The monoisotopic (exact) mass is 460 g/mol. The molecule has 0 saturated heterocycles. The summed E-state index contributed by atoms with van der Waals surface area (Å²) in [7, 11) is -4.52. The first-order valence-electron chi connectivity index (χ1n) is 8.40. The highest BCUT2D eigenvalue weighted by molar-refractivity contribution is 7.89. The van der Waals surface area contributed by atoms with Gasteiger partial charge in [0.05, 0.1) is 22.1 Å². The van der Waals surface area contributed by atoms with Crippen LogP contribution in [-0.2, 0) is 16.6 Å². The van der Waals surface area contributed by atoms with E-state index >= 15 is 0 Å². The molecule has 3 aromatic rings. The van der Waals surface area contributed by atoms with Crippen LogP contribution in [0.3, 0.4) is 0 Å². The molecule has 1 heterocycles. The molecule has 1 atom stereocenters. The number of aliphatic hydroxyl groups is 1. The topological polar surface area (TPSA) is 117 Å². The Hall–Kier alpha value is -2.54. The van der Waals surface area contributed by atoms with Gasteiger partial charge in [0, 0.05) is 10.9 Å². The Balaban J connectivity index is 2.19. The normalized spacial score (nSPS) is 13.5. The van der Waals surface area contributed by atoms with Gasteiger partial charge in [-0.1, -0.05) is 30.3 Å². The summed E-state index contributed by atoms with van der Waals surface area (Å²) in [5.74, 6) is -1.28. The molecule has 3 N–H and O–H groups in total. The Morgan fingerprint density at radius 3 is 2.40 bits per heavy atom. The summed E-state index contributed by atoms with van der Waals surface area (Å²) in [6, 6.07) is 6.33. The highest BCUT2D eigenvalue weighted by atomic mass is 32.2. The van der Waals surface area contributed by atoms with E-state index in [4.69, 9.17) is 5.11 Å². The van der Waals surface area contributed by atoms with Crippen molar-refractivity contribution in [3.8, 4) is 10.4 Å². The van der Waals surface area contributed by atoms with E-state index in [-0.39, 0.29) is 21.0 Å². The molecule has 7 nitrogen and oxygen atoms in total. The number of halogens is 3. The number of thiazole rings is 1. The van der Waals surface area contributed by atoms with Crippen LogP contribution in [0.4, 0.5) is 13.2 Å². The first-order valence-corrected chi connectivity index (χ1v) is 10.7. The van der Waals surface area contributed by atoms with Crippen LogP contribution in [0, 0.1) is 0 Å². The fourth-order valence-corrected chi connectivity index (χ4v) is 5.22. The number of aromatic carboxylic acids is 1. The molecule has 1 aromatic heterocycles. The number of carbonyl (C=O) groups is 1. The van der Waals surface area contributed by atoms with Crippen molar-refractivity contribution in [2.45, 2.75) is 30.6 Å². The average molecular weight is 460 g/mol. The lowest BCUT2D eigenvalue weighted by atomic mass is 10.0. The van der Waals surface area contributed by atoms with Crippen molar-refractivity contribution < 1.29 is 36.6 Å². The number of hydrogen-bond donors (Lipinski definition) is 3. The van der Waals surface area contributed by atoms with E-state index in [1.165, 1.54) is 18.2 Å².